The number of hydrogen-bond acceptors (Lipinski definition) is 32. The second-order valence-corrected chi connectivity index (χ2v) is 26.3. The zero-order valence-electron chi connectivity index (χ0n) is 64.2. The molecule has 0 spiro atoms. The summed E-state index contributed by atoms with van der Waals surface area (Å²) in [5.41, 5.74) is 0. The van der Waals surface area contributed by atoms with E-state index < -0.39 is 76.3 Å². The maximum absolute atomic E-state index is 10.2. The summed E-state index contributed by atoms with van der Waals surface area (Å²) in [7, 11) is 0. The molecule has 42 heteroatoms. The molecule has 0 amide bonds. The largest absolute Gasteiger partial charge is 0.379 e. The zero-order valence-corrected chi connectivity index (χ0v) is 64.2. The Morgan fingerprint density at radius 3 is 0.816 bits per heavy atom. The quantitative estimate of drug-likeness (QED) is 0.0336. The normalized spacial score (nSPS) is 10.8. The smallest absolute Gasteiger partial charge is 0.294 e. The van der Waals surface area contributed by atoms with E-state index in [1.165, 1.54) is 19.3 Å². The summed E-state index contributed by atoms with van der Waals surface area (Å²) in [5, 5.41) is 92.9. The van der Waals surface area contributed by atoms with Crippen molar-refractivity contribution in [3.8, 4) is 0 Å². The molecule has 0 rings (SSSR count). The Hall–Kier alpha value is -8.08. The highest BCUT2D eigenvalue weighted by Crippen LogP contribution is 2.15. The van der Waals surface area contributed by atoms with Gasteiger partial charge in [-0.25, -0.2) is 0 Å². The maximum atomic E-state index is 10.2. The number of unbranched alkanes of at least 4 members (excludes halogenated alkanes) is 7. The second kappa shape index (κ2) is 82.9. The zero-order chi connectivity index (χ0) is 80.8. The first-order valence-electron chi connectivity index (χ1n) is 35.2. The van der Waals surface area contributed by atoms with Crippen molar-refractivity contribution in [3.63, 3.8) is 0 Å². The number of nitrogens with one attached hydrogen (secondary N) is 1. The third-order valence-electron chi connectivity index (χ3n) is 12.7. The molecule has 0 aliphatic carbocycles. The number of hydrogen-bond donors (Lipinski definition) is 1. The van der Waals surface area contributed by atoms with Crippen molar-refractivity contribution >= 4 is 0 Å². The summed E-state index contributed by atoms with van der Waals surface area (Å²) < 4.78 is 5.07. The molecular weight excluding hydrogens is 1380 g/mol. The molecule has 614 valence electrons. The van der Waals surface area contributed by atoms with Crippen LogP contribution in [0.5, 0.6) is 0 Å². The fourth-order valence-electron chi connectivity index (χ4n) is 7.38. The molecular formula is C61H129N11O31. The minimum Gasteiger partial charge on any atom is -0.379 e. The van der Waals surface area contributed by atoms with Crippen LogP contribution in [0.4, 0.5) is 0 Å². The topological polar surface area (TPSA) is 545 Å². The molecule has 0 aliphatic rings. The Kier molecular flexibility index (Phi) is 89.2. The highest BCUT2D eigenvalue weighted by molar-refractivity contribution is 4.58. The van der Waals surface area contributed by atoms with E-state index in [0.29, 0.717) is 67.9 Å². The molecule has 0 saturated carbocycles. The minimum atomic E-state index is -0.987. The van der Waals surface area contributed by atoms with Gasteiger partial charge in [0.2, 0.25) is 0 Å². The summed E-state index contributed by atoms with van der Waals surface area (Å²) in [6, 6.07) is 0. The van der Waals surface area contributed by atoms with Crippen LogP contribution in [0.2, 0.25) is 0 Å². The van der Waals surface area contributed by atoms with Gasteiger partial charge >= 0.3 is 0 Å². The molecule has 0 fully saturated rings. The highest BCUT2D eigenvalue weighted by atomic mass is 17.0. The standard InChI is InChI=1S/C9H18N2O6.C9H19NO3.C8H16N2O6.C8H17NO3.C7H16N2O3.C7H15NO4.C7H15NO3.C6H13NO3/c1-8(2)5-3-4-6-9(17-11(14)15)7-16-10(12)13;1-9(2)7-5-3-4-6-8-13-10(11)12;1-7(2)4-3-5-8(16-10(13)14)6-15-9(11)12;1-8(2)6-4-3-5-7-12-9(10)11;1-7(2)3-4-8-5-6-12-9(10)11;1-7(2)3-4-11-5-6-12-8(9)10;1-7(2)5-3-4-6-11-8(9)10;1-6(2)4-3-5-10-7(8)9/h8-9H,3-7H2,1-2H3;9H,3-8H2,1-2H3;7-8H,3-6H2,1-2H3;8H,3-7H2,1-2H3;7-8H,3-6H2,1-2H3;7H,3-6H2,1-2H3;7H,3-6H2,1-2H3;6H,3-5H2,1-2H3. The highest BCUT2D eigenvalue weighted by Gasteiger charge is 2.17. The Labute approximate surface area is 606 Å². The maximum Gasteiger partial charge on any atom is 0.294 e. The first kappa shape index (κ1) is 111. The van der Waals surface area contributed by atoms with Gasteiger partial charge in [0.25, 0.3) is 50.9 Å². The first-order chi connectivity index (χ1) is 48.1. The van der Waals surface area contributed by atoms with Gasteiger partial charge in [0.05, 0.1) is 33.0 Å². The van der Waals surface area contributed by atoms with E-state index in [-0.39, 0.29) is 46.2 Å². The predicted molar refractivity (Wildman–Crippen MR) is 376 cm³/mol. The fourth-order valence-corrected chi connectivity index (χ4v) is 7.38. The van der Waals surface area contributed by atoms with Gasteiger partial charge in [-0.1, -0.05) is 201 Å². The van der Waals surface area contributed by atoms with E-state index in [9.17, 15) is 101 Å². The SMILES string of the molecule is CC(C)CCCC(CO[N+](=O)[O-])O[N+](=O)[O-].CC(C)CCCCC(CO[N+](=O)[O-])O[N+](=O)[O-].CC(C)CCCCCCO[N+](=O)[O-].CC(C)CCCCCO[N+](=O)[O-].CC(C)CCCCO[N+](=O)[O-].CC(C)CCCO[N+](=O)[O-].CC(C)CCNCCO[N+](=O)[O-].CC(C)CCOCCO[N+](=O)[O-]. The molecule has 103 heavy (non-hydrogen) atoms. The lowest BCUT2D eigenvalue weighted by atomic mass is 10.0. The molecule has 42 nitrogen and oxygen atoms in total. The summed E-state index contributed by atoms with van der Waals surface area (Å²) in [6.45, 7) is 36.5. The van der Waals surface area contributed by atoms with Crippen LogP contribution in [0.25, 0.3) is 0 Å². The molecule has 0 aliphatic heterocycles. The Morgan fingerprint density at radius 2 is 0.476 bits per heavy atom. The van der Waals surface area contributed by atoms with Crippen molar-refractivity contribution < 1.29 is 104 Å². The summed E-state index contributed by atoms with van der Waals surface area (Å²) in [4.78, 5) is 140. The van der Waals surface area contributed by atoms with E-state index in [4.69, 9.17) is 4.74 Å². The van der Waals surface area contributed by atoms with Gasteiger partial charge in [0.1, 0.15) is 38.6 Å². The van der Waals surface area contributed by atoms with Gasteiger partial charge < -0.3 is 58.4 Å². The van der Waals surface area contributed by atoms with E-state index in [1.807, 2.05) is 13.8 Å². The molecule has 0 aromatic carbocycles. The molecule has 0 aromatic rings. The van der Waals surface area contributed by atoms with E-state index in [2.05, 4.69) is 151 Å². The molecule has 0 radical (unpaired) electrons. The summed E-state index contributed by atoms with van der Waals surface area (Å²) in [6.07, 6.45) is 19.5. The third-order valence-corrected chi connectivity index (χ3v) is 12.7. The van der Waals surface area contributed by atoms with Crippen LogP contribution >= 0.6 is 0 Å². The van der Waals surface area contributed by atoms with E-state index >= 15 is 0 Å². The minimum absolute atomic E-state index is 0.0189. The van der Waals surface area contributed by atoms with E-state index in [0.717, 1.165) is 128 Å². The third kappa shape index (κ3) is 141. The lowest BCUT2D eigenvalue weighted by Crippen LogP contribution is -2.24. The molecule has 0 heterocycles. The Bertz CT molecular complexity index is 1950. The van der Waals surface area contributed by atoms with Crippen LogP contribution in [0.3, 0.4) is 0 Å². The van der Waals surface area contributed by atoms with Crippen molar-refractivity contribution in [1.82, 2.24) is 5.32 Å². The molecule has 0 saturated heterocycles. The molecule has 2 unspecified atom stereocenters. The van der Waals surface area contributed by atoms with Gasteiger partial charge in [-0.15, -0.1) is 101 Å². The van der Waals surface area contributed by atoms with E-state index in [1.54, 1.807) is 0 Å². The van der Waals surface area contributed by atoms with Crippen LogP contribution in [0.1, 0.15) is 258 Å². The molecule has 2 atom stereocenters. The summed E-state index contributed by atoms with van der Waals surface area (Å²) in [5.74, 6) is 5.06. The fraction of sp³-hybridized carbons (Fsp3) is 1.00. The van der Waals surface area contributed by atoms with Crippen molar-refractivity contribution in [1.29, 1.82) is 0 Å². The van der Waals surface area contributed by atoms with Gasteiger partial charge in [-0.05, 0) is 112 Å². The van der Waals surface area contributed by atoms with Crippen LogP contribution in [-0.2, 0) is 53.1 Å². The summed E-state index contributed by atoms with van der Waals surface area (Å²) >= 11 is 0. The van der Waals surface area contributed by atoms with Gasteiger partial charge in [0, 0.05) is 13.2 Å². The van der Waals surface area contributed by atoms with Crippen LogP contribution in [-0.4, -0.2) is 142 Å². The average molecular weight is 1510 g/mol. The number of ether oxygens (including phenoxy) is 1. The van der Waals surface area contributed by atoms with Crippen molar-refractivity contribution in [2.45, 2.75) is 271 Å². The molecule has 0 aromatic heterocycles. The first-order valence-corrected chi connectivity index (χ1v) is 35.2. The predicted octanol–water partition coefficient (Wildman–Crippen LogP) is 14.5. The molecule has 0 bridgehead atoms. The number of rotatable bonds is 59. The van der Waals surface area contributed by atoms with Crippen LogP contribution in [0, 0.1) is 148 Å². The second-order valence-electron chi connectivity index (χ2n) is 26.3. The van der Waals surface area contributed by atoms with Crippen LogP contribution < -0.4 is 5.32 Å². The Morgan fingerprint density at radius 1 is 0.223 bits per heavy atom. The van der Waals surface area contributed by atoms with Crippen LogP contribution in [0.15, 0.2) is 0 Å². The van der Waals surface area contributed by atoms with Gasteiger partial charge in [-0.2, -0.15) is 0 Å². The van der Waals surface area contributed by atoms with Gasteiger partial charge in [-0.3, -0.25) is 0 Å². The lowest BCUT2D eigenvalue weighted by molar-refractivity contribution is -0.790. The monoisotopic (exact) mass is 1510 g/mol. The molecule has 1 N–H and O–H groups in total. The average Bonchev–Trinajstić information content (AvgIpc) is 1.03. The van der Waals surface area contributed by atoms with Crippen molar-refractivity contribution in [3.05, 3.63) is 101 Å². The number of nitrogens with zero attached hydrogens (tertiary/aromatic N) is 10. The van der Waals surface area contributed by atoms with Gasteiger partial charge in [0.15, 0.2) is 0 Å². The van der Waals surface area contributed by atoms with Crippen molar-refractivity contribution in [2.75, 3.05) is 79.2 Å². The van der Waals surface area contributed by atoms with Crippen molar-refractivity contribution in [2.24, 2.45) is 47.3 Å². The Balaban J connectivity index is -0.000000168. The lowest BCUT2D eigenvalue weighted by Gasteiger charge is -2.13.